The highest BCUT2D eigenvalue weighted by Gasteiger charge is 2.22. The van der Waals surface area contributed by atoms with Crippen LogP contribution in [0.5, 0.6) is 5.75 Å². The summed E-state index contributed by atoms with van der Waals surface area (Å²) in [5.41, 5.74) is 2.68. The summed E-state index contributed by atoms with van der Waals surface area (Å²) < 4.78 is 5.19. The first-order valence-corrected chi connectivity index (χ1v) is 9.16. The number of nitrogens with one attached hydrogen (secondary N) is 1. The predicted molar refractivity (Wildman–Crippen MR) is 99.3 cm³/mol. The van der Waals surface area contributed by atoms with Crippen molar-refractivity contribution in [2.24, 2.45) is 0 Å². The van der Waals surface area contributed by atoms with Crippen LogP contribution in [-0.4, -0.2) is 63.9 Å². The molecule has 0 aromatic carbocycles. The van der Waals surface area contributed by atoms with E-state index in [1.807, 2.05) is 4.90 Å². The number of hydrogen-bond donors (Lipinski definition) is 1. The average Bonchev–Trinajstić information content (AvgIpc) is 2.87. The molecule has 7 heteroatoms. The second kappa shape index (κ2) is 8.31. The smallest absolute Gasteiger partial charge is 0.272 e. The number of carbonyl (C=O) groups is 1. The van der Waals surface area contributed by atoms with Gasteiger partial charge in [0.1, 0.15) is 17.3 Å². The van der Waals surface area contributed by atoms with Crippen molar-refractivity contribution in [1.82, 2.24) is 24.8 Å². The number of aryl methyl sites for hydroxylation is 2. The number of pyridine rings is 1. The standard InChI is InChI=1S/C19H27N5O2/c1-4-18-21-14(2)17(22-18)13-23-8-5-9-24(11-10-23)19(25)16-12-15(26-3)6-7-20-16/h6-7,12H,4-5,8-11,13H2,1-3H3,(H,21,22). The van der Waals surface area contributed by atoms with Gasteiger partial charge in [0.15, 0.2) is 0 Å². The molecule has 1 amide bonds. The fourth-order valence-corrected chi connectivity index (χ4v) is 3.25. The normalized spacial score (nSPS) is 15.7. The molecule has 1 fully saturated rings. The molecule has 0 radical (unpaired) electrons. The van der Waals surface area contributed by atoms with E-state index < -0.39 is 0 Å². The minimum atomic E-state index is -0.0324. The maximum Gasteiger partial charge on any atom is 0.272 e. The highest BCUT2D eigenvalue weighted by Crippen LogP contribution is 2.15. The number of carbonyl (C=O) groups excluding carboxylic acids is 1. The Balaban J connectivity index is 1.62. The molecule has 2 aromatic heterocycles. The van der Waals surface area contributed by atoms with Crippen molar-refractivity contribution in [3.8, 4) is 5.75 Å². The van der Waals surface area contributed by atoms with Crippen molar-refractivity contribution in [2.45, 2.75) is 33.2 Å². The summed E-state index contributed by atoms with van der Waals surface area (Å²) in [6.45, 7) is 8.23. The lowest BCUT2D eigenvalue weighted by Gasteiger charge is -2.21. The van der Waals surface area contributed by atoms with Crippen molar-refractivity contribution in [3.05, 3.63) is 41.2 Å². The summed E-state index contributed by atoms with van der Waals surface area (Å²) in [5, 5.41) is 0. The average molecular weight is 357 g/mol. The molecule has 0 saturated carbocycles. The SMILES string of the molecule is CCc1nc(CN2CCCN(C(=O)c3cc(OC)ccn3)CC2)c(C)[nH]1. The van der Waals surface area contributed by atoms with Crippen molar-refractivity contribution < 1.29 is 9.53 Å². The van der Waals surface area contributed by atoms with Crippen LogP contribution < -0.4 is 4.74 Å². The van der Waals surface area contributed by atoms with E-state index in [9.17, 15) is 4.79 Å². The number of methoxy groups -OCH3 is 1. The molecule has 2 aromatic rings. The van der Waals surface area contributed by atoms with Crippen LogP contribution in [0.2, 0.25) is 0 Å². The lowest BCUT2D eigenvalue weighted by Crippen LogP contribution is -2.35. The van der Waals surface area contributed by atoms with Gasteiger partial charge in [-0.3, -0.25) is 14.7 Å². The molecule has 0 atom stereocenters. The fraction of sp³-hybridized carbons (Fsp3) is 0.526. The Morgan fingerprint density at radius 1 is 1.31 bits per heavy atom. The summed E-state index contributed by atoms with van der Waals surface area (Å²) in [7, 11) is 1.59. The Kier molecular flexibility index (Phi) is 5.88. The molecule has 26 heavy (non-hydrogen) atoms. The number of hydrogen-bond acceptors (Lipinski definition) is 5. The second-order valence-electron chi connectivity index (χ2n) is 6.61. The molecule has 1 aliphatic rings. The molecule has 3 rings (SSSR count). The third kappa shape index (κ3) is 4.22. The molecule has 1 aliphatic heterocycles. The predicted octanol–water partition coefficient (Wildman–Crippen LogP) is 2.03. The zero-order valence-corrected chi connectivity index (χ0v) is 15.8. The lowest BCUT2D eigenvalue weighted by atomic mass is 10.3. The van der Waals surface area contributed by atoms with Gasteiger partial charge in [0.25, 0.3) is 5.91 Å². The zero-order valence-electron chi connectivity index (χ0n) is 15.8. The number of imidazole rings is 1. The number of ether oxygens (including phenoxy) is 1. The second-order valence-corrected chi connectivity index (χ2v) is 6.61. The number of aromatic nitrogens is 3. The Bertz CT molecular complexity index is 758. The van der Waals surface area contributed by atoms with E-state index in [0.717, 1.165) is 56.2 Å². The van der Waals surface area contributed by atoms with Gasteiger partial charge < -0.3 is 14.6 Å². The van der Waals surface area contributed by atoms with E-state index in [-0.39, 0.29) is 5.91 Å². The van der Waals surface area contributed by atoms with Gasteiger partial charge in [-0.05, 0) is 19.4 Å². The molecular formula is C19H27N5O2. The Morgan fingerprint density at radius 3 is 2.88 bits per heavy atom. The largest absolute Gasteiger partial charge is 0.497 e. The minimum Gasteiger partial charge on any atom is -0.497 e. The lowest BCUT2D eigenvalue weighted by molar-refractivity contribution is 0.0754. The summed E-state index contributed by atoms with van der Waals surface area (Å²) >= 11 is 0. The topological polar surface area (TPSA) is 74.3 Å². The Labute approximate surface area is 154 Å². The van der Waals surface area contributed by atoms with Crippen LogP contribution in [0.1, 0.15) is 41.0 Å². The van der Waals surface area contributed by atoms with Gasteiger partial charge in [0, 0.05) is 57.1 Å². The van der Waals surface area contributed by atoms with E-state index >= 15 is 0 Å². The van der Waals surface area contributed by atoms with Crippen LogP contribution in [-0.2, 0) is 13.0 Å². The van der Waals surface area contributed by atoms with E-state index in [1.165, 1.54) is 0 Å². The monoisotopic (exact) mass is 357 g/mol. The van der Waals surface area contributed by atoms with Crippen LogP contribution >= 0.6 is 0 Å². The van der Waals surface area contributed by atoms with E-state index in [2.05, 4.69) is 33.7 Å². The van der Waals surface area contributed by atoms with E-state index in [0.29, 0.717) is 18.0 Å². The van der Waals surface area contributed by atoms with Gasteiger partial charge in [-0.2, -0.15) is 0 Å². The maximum absolute atomic E-state index is 12.8. The zero-order chi connectivity index (χ0) is 18.5. The molecule has 0 aliphatic carbocycles. The van der Waals surface area contributed by atoms with Crippen molar-refractivity contribution >= 4 is 5.91 Å². The quantitative estimate of drug-likeness (QED) is 0.886. The first kappa shape index (κ1) is 18.4. The highest BCUT2D eigenvalue weighted by molar-refractivity contribution is 5.92. The molecule has 3 heterocycles. The highest BCUT2D eigenvalue weighted by atomic mass is 16.5. The third-order valence-corrected chi connectivity index (χ3v) is 4.80. The maximum atomic E-state index is 12.8. The van der Waals surface area contributed by atoms with Gasteiger partial charge >= 0.3 is 0 Å². The minimum absolute atomic E-state index is 0.0324. The van der Waals surface area contributed by atoms with Crippen LogP contribution in [0.25, 0.3) is 0 Å². The number of H-pyrrole nitrogens is 1. The summed E-state index contributed by atoms with van der Waals surface area (Å²) in [6, 6.07) is 3.45. The fourth-order valence-electron chi connectivity index (χ4n) is 3.25. The van der Waals surface area contributed by atoms with Crippen LogP contribution in [0.4, 0.5) is 0 Å². The molecule has 140 valence electrons. The van der Waals surface area contributed by atoms with Crippen LogP contribution in [0.15, 0.2) is 18.3 Å². The summed E-state index contributed by atoms with van der Waals surface area (Å²) in [4.78, 5) is 29.2. The van der Waals surface area contributed by atoms with Gasteiger partial charge in [0.2, 0.25) is 0 Å². The number of rotatable bonds is 5. The summed E-state index contributed by atoms with van der Waals surface area (Å²) in [5.74, 6) is 1.66. The molecule has 0 unspecified atom stereocenters. The van der Waals surface area contributed by atoms with E-state index in [4.69, 9.17) is 4.74 Å². The van der Waals surface area contributed by atoms with Crippen LogP contribution in [0.3, 0.4) is 0 Å². The van der Waals surface area contributed by atoms with Gasteiger partial charge in [-0.1, -0.05) is 6.92 Å². The molecule has 1 saturated heterocycles. The molecule has 1 N–H and O–H groups in total. The number of amides is 1. The number of aromatic amines is 1. The van der Waals surface area contributed by atoms with Gasteiger partial charge in [0.05, 0.1) is 12.8 Å². The Morgan fingerprint density at radius 2 is 2.15 bits per heavy atom. The van der Waals surface area contributed by atoms with Crippen molar-refractivity contribution in [2.75, 3.05) is 33.3 Å². The first-order valence-electron chi connectivity index (χ1n) is 9.16. The van der Waals surface area contributed by atoms with Crippen molar-refractivity contribution in [3.63, 3.8) is 0 Å². The first-order chi connectivity index (χ1) is 12.6. The summed E-state index contributed by atoms with van der Waals surface area (Å²) in [6.07, 6.45) is 3.47. The Hall–Kier alpha value is -2.41. The van der Waals surface area contributed by atoms with Gasteiger partial charge in [-0.15, -0.1) is 0 Å². The molecular weight excluding hydrogens is 330 g/mol. The molecule has 0 bridgehead atoms. The van der Waals surface area contributed by atoms with E-state index in [1.54, 1.807) is 25.4 Å². The van der Waals surface area contributed by atoms with Crippen molar-refractivity contribution in [1.29, 1.82) is 0 Å². The molecule has 7 nitrogen and oxygen atoms in total. The molecule has 0 spiro atoms. The van der Waals surface area contributed by atoms with Gasteiger partial charge in [-0.25, -0.2) is 4.98 Å². The third-order valence-electron chi connectivity index (χ3n) is 4.80. The van der Waals surface area contributed by atoms with Crippen LogP contribution in [0, 0.1) is 6.92 Å². The number of nitrogens with zero attached hydrogens (tertiary/aromatic N) is 4.